The number of carbonyl (C=O) groups excluding carboxylic acids is 3. The van der Waals surface area contributed by atoms with Gasteiger partial charge < -0.3 is 15.0 Å². The third-order valence-electron chi connectivity index (χ3n) is 9.82. The van der Waals surface area contributed by atoms with Gasteiger partial charge in [-0.15, -0.1) is 11.8 Å². The van der Waals surface area contributed by atoms with Gasteiger partial charge in [-0.05, 0) is 84.7 Å². The number of H-pyrrole nitrogens is 1. The molecule has 11 heteroatoms. The summed E-state index contributed by atoms with van der Waals surface area (Å²) in [6, 6.07) is 22.1. The molecule has 2 N–H and O–H groups in total. The van der Waals surface area contributed by atoms with Gasteiger partial charge in [0, 0.05) is 26.8 Å². The molecule has 2 aliphatic carbocycles. The summed E-state index contributed by atoms with van der Waals surface area (Å²) in [7, 11) is 0. The standard InChI is InChI=1S/C34H28ClN3O5S2/c1-16-5-2-3-8-23(16)36-24(39)15-43-20-7-4-6-17(13-20)25-26-21-14-22(29(26)44-31-30(25)45-34(42)37-31)28-27(21)32(40)38(33(28)41)19-11-9-18(35)10-12-19/h2-13,21-22,25-29H,14-15H2,1H3,(H,36,39)(H,37,42)/t21?,22?,25-,26?,27?,28?,29?/m1/s1. The number of thiazole rings is 1. The van der Waals surface area contributed by atoms with Crippen molar-refractivity contribution < 1.29 is 19.1 Å². The number of hydrogen-bond acceptors (Lipinski definition) is 7. The van der Waals surface area contributed by atoms with Crippen LogP contribution in [0.1, 0.15) is 28.3 Å². The number of rotatable bonds is 6. The Hall–Kier alpha value is -3.86. The first-order valence-corrected chi connectivity index (χ1v) is 17.0. The zero-order valence-electron chi connectivity index (χ0n) is 24.1. The molecule has 1 saturated heterocycles. The fourth-order valence-corrected chi connectivity index (χ4v) is 11.1. The van der Waals surface area contributed by atoms with Crippen LogP contribution in [0, 0.1) is 36.5 Å². The van der Waals surface area contributed by atoms with Gasteiger partial charge in [0.15, 0.2) is 6.61 Å². The molecule has 8 nitrogen and oxygen atoms in total. The van der Waals surface area contributed by atoms with Crippen LogP contribution in [-0.2, 0) is 14.4 Å². The van der Waals surface area contributed by atoms with Crippen molar-refractivity contribution in [2.45, 2.75) is 29.5 Å². The molecule has 2 saturated carbocycles. The average molecular weight is 658 g/mol. The second-order valence-electron chi connectivity index (χ2n) is 12.2. The smallest absolute Gasteiger partial charge is 0.305 e. The number of fused-ring (bicyclic) bond motifs is 9. The number of halogens is 1. The van der Waals surface area contributed by atoms with Gasteiger partial charge >= 0.3 is 4.87 Å². The fourth-order valence-electron chi connectivity index (χ4n) is 8.08. The lowest BCUT2D eigenvalue weighted by molar-refractivity contribution is -0.123. The molecular weight excluding hydrogens is 630 g/mol. The highest BCUT2D eigenvalue weighted by Gasteiger charge is 2.69. The number of nitrogens with one attached hydrogen (secondary N) is 2. The van der Waals surface area contributed by atoms with E-state index in [-0.39, 0.29) is 64.0 Å². The SMILES string of the molecule is Cc1ccccc1NC(=O)COc1cccc([C@H]2c3sc(=O)[nH]c3SC3C4CC(C5C(=O)N(c6ccc(Cl)cc6)C(=O)C45)C32)c1. The van der Waals surface area contributed by atoms with E-state index in [4.69, 9.17) is 16.3 Å². The van der Waals surface area contributed by atoms with Crippen LogP contribution in [0.25, 0.3) is 0 Å². The number of aryl methyl sites for hydroxylation is 1. The van der Waals surface area contributed by atoms with Crippen molar-refractivity contribution in [1.29, 1.82) is 0 Å². The van der Waals surface area contributed by atoms with E-state index in [1.54, 1.807) is 36.0 Å². The summed E-state index contributed by atoms with van der Waals surface area (Å²) in [5.41, 5.74) is 3.22. The molecule has 3 aromatic carbocycles. The van der Waals surface area contributed by atoms with E-state index >= 15 is 0 Å². The van der Waals surface area contributed by atoms with Crippen LogP contribution in [0.15, 0.2) is 82.6 Å². The minimum Gasteiger partial charge on any atom is -0.484 e. The van der Waals surface area contributed by atoms with E-state index in [0.29, 0.717) is 16.5 Å². The monoisotopic (exact) mass is 657 g/mol. The number of amides is 3. The van der Waals surface area contributed by atoms with Gasteiger partial charge in [0.05, 0.1) is 22.5 Å². The number of ether oxygens (including phenoxy) is 1. The Morgan fingerprint density at radius 3 is 2.53 bits per heavy atom. The molecule has 2 bridgehead atoms. The first-order valence-electron chi connectivity index (χ1n) is 14.9. The van der Waals surface area contributed by atoms with Gasteiger partial charge in [0.2, 0.25) is 11.8 Å². The zero-order chi connectivity index (χ0) is 31.0. The van der Waals surface area contributed by atoms with Crippen LogP contribution >= 0.6 is 34.7 Å². The molecule has 7 atom stereocenters. The summed E-state index contributed by atoms with van der Waals surface area (Å²) in [6.07, 6.45) is 0.800. The first kappa shape index (κ1) is 28.6. The summed E-state index contributed by atoms with van der Waals surface area (Å²) in [4.78, 5) is 58.3. The van der Waals surface area contributed by atoms with Crippen molar-refractivity contribution in [1.82, 2.24) is 4.98 Å². The van der Waals surface area contributed by atoms with Crippen LogP contribution in [-0.4, -0.2) is 34.6 Å². The highest BCUT2D eigenvalue weighted by molar-refractivity contribution is 8.00. The van der Waals surface area contributed by atoms with Crippen molar-refractivity contribution >= 4 is 63.8 Å². The Labute approximate surface area is 272 Å². The Morgan fingerprint density at radius 1 is 1.00 bits per heavy atom. The highest BCUT2D eigenvalue weighted by Crippen LogP contribution is 2.68. The number of hydrogen-bond donors (Lipinski definition) is 2. The van der Waals surface area contributed by atoms with Gasteiger partial charge in [-0.2, -0.15) is 0 Å². The van der Waals surface area contributed by atoms with E-state index in [1.807, 2.05) is 55.5 Å². The number of aromatic nitrogens is 1. The van der Waals surface area contributed by atoms with Crippen molar-refractivity contribution in [2.75, 3.05) is 16.8 Å². The Morgan fingerprint density at radius 2 is 1.76 bits per heavy atom. The van der Waals surface area contributed by atoms with Gasteiger partial charge in [-0.3, -0.25) is 24.1 Å². The number of benzene rings is 3. The van der Waals surface area contributed by atoms with Crippen LogP contribution in [0.3, 0.4) is 0 Å². The first-order chi connectivity index (χ1) is 21.8. The molecule has 3 heterocycles. The number of imide groups is 1. The van der Waals surface area contributed by atoms with Crippen molar-refractivity contribution in [2.24, 2.45) is 29.6 Å². The zero-order valence-corrected chi connectivity index (χ0v) is 26.5. The van der Waals surface area contributed by atoms with Gasteiger partial charge in [0.25, 0.3) is 5.91 Å². The van der Waals surface area contributed by atoms with Crippen LogP contribution < -0.4 is 19.8 Å². The normalized spacial score (nSPS) is 27.7. The molecule has 0 spiro atoms. The summed E-state index contributed by atoms with van der Waals surface area (Å²) >= 11 is 8.95. The molecule has 2 aliphatic heterocycles. The molecule has 3 amide bonds. The van der Waals surface area contributed by atoms with E-state index in [9.17, 15) is 19.2 Å². The van der Waals surface area contributed by atoms with Gasteiger partial charge in [-0.1, -0.05) is 53.3 Å². The van der Waals surface area contributed by atoms with Crippen molar-refractivity contribution in [3.8, 4) is 5.75 Å². The van der Waals surface area contributed by atoms with Gasteiger partial charge in [-0.25, -0.2) is 0 Å². The summed E-state index contributed by atoms with van der Waals surface area (Å²) in [6.45, 7) is 1.78. The minimum atomic E-state index is -0.399. The molecule has 4 aliphatic rings. The molecule has 228 valence electrons. The van der Waals surface area contributed by atoms with Crippen molar-refractivity contribution in [3.05, 3.63) is 103 Å². The predicted molar refractivity (Wildman–Crippen MR) is 174 cm³/mol. The van der Waals surface area contributed by atoms with E-state index in [0.717, 1.165) is 33.1 Å². The van der Waals surface area contributed by atoms with E-state index in [1.165, 1.54) is 16.2 Å². The lowest BCUT2D eigenvalue weighted by Crippen LogP contribution is -2.42. The number of nitrogens with zero attached hydrogens (tertiary/aromatic N) is 1. The van der Waals surface area contributed by atoms with Crippen LogP contribution in [0.5, 0.6) is 5.75 Å². The third-order valence-corrected chi connectivity index (χ3v) is 12.7. The largest absolute Gasteiger partial charge is 0.484 e. The fraction of sp³-hybridized carbons (Fsp3) is 0.294. The molecule has 45 heavy (non-hydrogen) atoms. The molecule has 8 rings (SSSR count). The third kappa shape index (κ3) is 4.64. The second-order valence-corrected chi connectivity index (χ2v) is 14.8. The second kappa shape index (κ2) is 10.9. The summed E-state index contributed by atoms with van der Waals surface area (Å²) < 4.78 is 5.95. The summed E-state index contributed by atoms with van der Waals surface area (Å²) in [5, 5.41) is 4.36. The number of para-hydroxylation sites is 1. The van der Waals surface area contributed by atoms with Gasteiger partial charge in [0.1, 0.15) is 5.75 Å². The highest BCUT2D eigenvalue weighted by atomic mass is 35.5. The van der Waals surface area contributed by atoms with E-state index in [2.05, 4.69) is 10.3 Å². The summed E-state index contributed by atoms with van der Waals surface area (Å²) in [5.74, 6) is -0.850. The number of aromatic amines is 1. The quantitative estimate of drug-likeness (QED) is 0.243. The molecule has 6 unspecified atom stereocenters. The lowest BCUT2D eigenvalue weighted by Gasteiger charge is -2.43. The molecule has 4 aromatic rings. The molecule has 3 fully saturated rings. The van der Waals surface area contributed by atoms with Crippen LogP contribution in [0.4, 0.5) is 11.4 Å². The minimum absolute atomic E-state index is 0.00827. The van der Waals surface area contributed by atoms with Crippen LogP contribution in [0.2, 0.25) is 5.02 Å². The Bertz CT molecular complexity index is 1920. The number of thioether (sulfide) groups is 1. The lowest BCUT2D eigenvalue weighted by atomic mass is 9.68. The maximum atomic E-state index is 13.9. The van der Waals surface area contributed by atoms with E-state index < -0.39 is 5.92 Å². The average Bonchev–Trinajstić information content (AvgIpc) is 3.77. The number of anilines is 2. The number of carbonyl (C=O) groups is 3. The van der Waals surface area contributed by atoms with Crippen molar-refractivity contribution in [3.63, 3.8) is 0 Å². The predicted octanol–water partition coefficient (Wildman–Crippen LogP) is 6.09. The Kier molecular flexibility index (Phi) is 6.92. The Balaban J connectivity index is 1.09. The molecular formula is C34H28ClN3O5S2. The molecule has 0 radical (unpaired) electrons. The topological polar surface area (TPSA) is 109 Å². The maximum absolute atomic E-state index is 13.9. The maximum Gasteiger partial charge on any atom is 0.305 e. The molecule has 1 aromatic heterocycles.